The van der Waals surface area contributed by atoms with E-state index in [0.717, 1.165) is 97.3 Å². The van der Waals surface area contributed by atoms with Crippen LogP contribution in [0, 0.1) is 0 Å². The minimum Gasteiger partial charge on any atom is -0.383 e. The van der Waals surface area contributed by atoms with E-state index >= 15 is 0 Å². The standard InChI is InChI=1S/C22H29N7.C21H26N6O/c1-28(2)14-15-6-4-5-7-17(15)19-9-8-18-20(23)26-22(27-21(18)25-19)24-16-10-12-29(3)13-11-16;1-27-11-9-15(10-12-27)23-21-25-19(22)17-7-8-18(24-20(17)26-21)16-6-4-3-5-14(16)13-28-2/h4-9,16H,10-14H2,1-3H3,(H3,23,24,25,26,27);3-8,15H,9-13H2,1-2H3,(H3,22,23,24,25,26). The number of hydrogen-bond acceptors (Lipinski definition) is 14. The highest BCUT2D eigenvalue weighted by Gasteiger charge is 2.20. The number of anilines is 4. The van der Waals surface area contributed by atoms with Crippen LogP contribution in [0.15, 0.2) is 72.8 Å². The number of hydrogen-bond donors (Lipinski definition) is 4. The van der Waals surface area contributed by atoms with Crippen LogP contribution in [0.25, 0.3) is 44.6 Å². The molecule has 2 aliphatic heterocycles. The Morgan fingerprint density at radius 2 is 1.05 bits per heavy atom. The molecule has 0 atom stereocenters. The Kier molecular flexibility index (Phi) is 12.6. The second-order valence-electron chi connectivity index (χ2n) is 15.4. The molecule has 2 aliphatic rings. The summed E-state index contributed by atoms with van der Waals surface area (Å²) in [5.41, 5.74) is 19.9. The molecule has 2 fully saturated rings. The van der Waals surface area contributed by atoms with Gasteiger partial charge in [0.25, 0.3) is 0 Å². The van der Waals surface area contributed by atoms with Gasteiger partial charge in [0, 0.05) is 36.9 Å². The van der Waals surface area contributed by atoms with E-state index in [1.165, 1.54) is 5.56 Å². The van der Waals surface area contributed by atoms with Crippen molar-refractivity contribution in [2.75, 3.05) is 83.6 Å². The summed E-state index contributed by atoms with van der Waals surface area (Å²) in [6, 6.07) is 25.1. The first kappa shape index (κ1) is 39.7. The summed E-state index contributed by atoms with van der Waals surface area (Å²) in [7, 11) is 10.1. The Balaban J connectivity index is 0.000000174. The number of aromatic nitrogens is 6. The maximum atomic E-state index is 6.22. The molecule has 2 aromatic carbocycles. The number of nitrogens with one attached hydrogen (secondary N) is 2. The van der Waals surface area contributed by atoms with Crippen molar-refractivity contribution in [2.45, 2.75) is 50.9 Å². The summed E-state index contributed by atoms with van der Waals surface area (Å²) in [6.45, 7) is 5.67. The fourth-order valence-corrected chi connectivity index (χ4v) is 7.47. The number of likely N-dealkylation sites (tertiary alicyclic amines) is 2. The van der Waals surface area contributed by atoms with Gasteiger partial charge in [0.1, 0.15) is 11.6 Å². The number of rotatable bonds is 10. The molecule has 2 saturated heterocycles. The summed E-state index contributed by atoms with van der Waals surface area (Å²) in [5.74, 6) is 2.03. The van der Waals surface area contributed by atoms with Crippen LogP contribution in [-0.2, 0) is 17.9 Å². The van der Waals surface area contributed by atoms with Gasteiger partial charge in [-0.05, 0) is 115 Å². The monoisotopic (exact) mass is 769 g/mol. The summed E-state index contributed by atoms with van der Waals surface area (Å²) in [6.07, 6.45) is 4.28. The van der Waals surface area contributed by atoms with E-state index in [0.29, 0.717) is 53.5 Å². The molecular formula is C43H55N13O. The Bertz CT molecular complexity index is 2280. The normalized spacial score (nSPS) is 15.8. The molecule has 6 heterocycles. The lowest BCUT2D eigenvalue weighted by atomic mass is 10.0. The summed E-state index contributed by atoms with van der Waals surface area (Å²) in [4.78, 5) is 34.7. The molecule has 298 valence electrons. The maximum absolute atomic E-state index is 6.22. The third-order valence-corrected chi connectivity index (χ3v) is 10.7. The SMILES string of the molecule is CN(C)Cc1ccccc1-c1ccc2c(N)nc(NC3CCN(C)CC3)nc2n1.COCc1ccccc1-c1ccc2c(N)nc(NC3CCN(C)CC3)nc2n1. The van der Waals surface area contributed by atoms with E-state index in [9.17, 15) is 0 Å². The molecule has 0 spiro atoms. The summed E-state index contributed by atoms with van der Waals surface area (Å²) >= 11 is 0. The average Bonchev–Trinajstić information content (AvgIpc) is 3.20. The van der Waals surface area contributed by atoms with E-state index in [1.807, 2.05) is 54.6 Å². The number of piperidine rings is 2. The zero-order chi connectivity index (χ0) is 39.9. The van der Waals surface area contributed by atoms with Crippen molar-refractivity contribution >= 4 is 45.6 Å². The van der Waals surface area contributed by atoms with Crippen LogP contribution in [0.5, 0.6) is 0 Å². The van der Waals surface area contributed by atoms with Gasteiger partial charge in [-0.15, -0.1) is 0 Å². The van der Waals surface area contributed by atoms with Gasteiger partial charge in [0.2, 0.25) is 11.9 Å². The first-order valence-electron chi connectivity index (χ1n) is 19.7. The van der Waals surface area contributed by atoms with Gasteiger partial charge in [-0.25, -0.2) is 9.97 Å². The number of nitrogens with zero attached hydrogens (tertiary/aromatic N) is 9. The van der Waals surface area contributed by atoms with Gasteiger partial charge in [0.05, 0.1) is 28.8 Å². The Hall–Kier alpha value is -5.54. The molecule has 0 amide bonds. The van der Waals surface area contributed by atoms with Crippen molar-refractivity contribution < 1.29 is 4.74 Å². The topological polar surface area (TPSA) is 172 Å². The molecule has 0 saturated carbocycles. The zero-order valence-electron chi connectivity index (χ0n) is 33.7. The van der Waals surface area contributed by atoms with Gasteiger partial charge in [0.15, 0.2) is 11.3 Å². The molecule has 57 heavy (non-hydrogen) atoms. The van der Waals surface area contributed by atoms with E-state index in [2.05, 4.69) is 91.7 Å². The highest BCUT2D eigenvalue weighted by atomic mass is 16.5. The van der Waals surface area contributed by atoms with E-state index < -0.39 is 0 Å². The highest BCUT2D eigenvalue weighted by Crippen LogP contribution is 2.29. The second-order valence-corrected chi connectivity index (χ2v) is 15.4. The Morgan fingerprint density at radius 1 is 0.614 bits per heavy atom. The molecule has 0 bridgehead atoms. The van der Waals surface area contributed by atoms with Crippen molar-refractivity contribution in [2.24, 2.45) is 0 Å². The Labute approximate surface area is 335 Å². The number of fused-ring (bicyclic) bond motifs is 2. The molecule has 0 unspecified atom stereocenters. The van der Waals surface area contributed by atoms with Crippen molar-refractivity contribution in [3.63, 3.8) is 0 Å². The van der Waals surface area contributed by atoms with Crippen LogP contribution in [0.2, 0.25) is 0 Å². The number of methoxy groups -OCH3 is 1. The predicted molar refractivity (Wildman–Crippen MR) is 231 cm³/mol. The van der Waals surface area contributed by atoms with Crippen molar-refractivity contribution in [1.29, 1.82) is 0 Å². The van der Waals surface area contributed by atoms with Crippen molar-refractivity contribution in [1.82, 2.24) is 44.6 Å². The third kappa shape index (κ3) is 9.89. The fourth-order valence-electron chi connectivity index (χ4n) is 7.47. The second kappa shape index (κ2) is 18.2. The molecule has 14 heteroatoms. The molecule has 6 aromatic rings. The van der Waals surface area contributed by atoms with Gasteiger partial charge >= 0.3 is 0 Å². The fraction of sp³-hybridized carbons (Fsp3) is 0.395. The van der Waals surface area contributed by atoms with Gasteiger partial charge in [-0.1, -0.05) is 48.5 Å². The lowest BCUT2D eigenvalue weighted by molar-refractivity contribution is 0.185. The van der Waals surface area contributed by atoms with Crippen LogP contribution >= 0.6 is 0 Å². The van der Waals surface area contributed by atoms with Crippen LogP contribution < -0.4 is 22.1 Å². The molecule has 0 aliphatic carbocycles. The summed E-state index contributed by atoms with van der Waals surface area (Å²) < 4.78 is 5.32. The third-order valence-electron chi connectivity index (χ3n) is 10.7. The average molecular weight is 770 g/mol. The quantitative estimate of drug-likeness (QED) is 0.132. The minimum absolute atomic E-state index is 0.360. The largest absolute Gasteiger partial charge is 0.383 e. The first-order chi connectivity index (χ1) is 27.6. The molecule has 6 N–H and O–H groups in total. The van der Waals surface area contributed by atoms with Crippen LogP contribution in [0.3, 0.4) is 0 Å². The highest BCUT2D eigenvalue weighted by molar-refractivity contribution is 5.89. The number of nitrogens with two attached hydrogens (primary N) is 2. The minimum atomic E-state index is 0.360. The molecule has 4 aromatic heterocycles. The van der Waals surface area contributed by atoms with E-state index in [1.54, 1.807) is 7.11 Å². The molecule has 8 rings (SSSR count). The van der Waals surface area contributed by atoms with Crippen LogP contribution in [-0.4, -0.2) is 118 Å². The molecule has 14 nitrogen and oxygen atoms in total. The first-order valence-corrected chi connectivity index (χ1v) is 19.7. The van der Waals surface area contributed by atoms with Crippen LogP contribution in [0.1, 0.15) is 36.8 Å². The Morgan fingerprint density at radius 3 is 1.51 bits per heavy atom. The lowest BCUT2D eigenvalue weighted by Gasteiger charge is -2.29. The number of ether oxygens (including phenoxy) is 1. The van der Waals surface area contributed by atoms with Crippen LogP contribution in [0.4, 0.5) is 23.5 Å². The molecule has 0 radical (unpaired) electrons. The van der Waals surface area contributed by atoms with Crippen molar-refractivity contribution in [3.8, 4) is 22.5 Å². The molecular weight excluding hydrogens is 715 g/mol. The maximum Gasteiger partial charge on any atom is 0.226 e. The summed E-state index contributed by atoms with van der Waals surface area (Å²) in [5, 5.41) is 8.44. The van der Waals surface area contributed by atoms with Gasteiger partial charge in [-0.3, -0.25) is 0 Å². The lowest BCUT2D eigenvalue weighted by Crippen LogP contribution is -2.37. The smallest absolute Gasteiger partial charge is 0.226 e. The van der Waals surface area contributed by atoms with Gasteiger partial charge < -0.3 is 41.5 Å². The van der Waals surface area contributed by atoms with Gasteiger partial charge in [-0.2, -0.15) is 19.9 Å². The van der Waals surface area contributed by atoms with E-state index in [4.69, 9.17) is 26.2 Å². The number of nitrogen functional groups attached to an aromatic ring is 2. The number of pyridine rings is 2. The van der Waals surface area contributed by atoms with Crippen molar-refractivity contribution in [3.05, 3.63) is 83.9 Å². The zero-order valence-corrected chi connectivity index (χ0v) is 33.7. The predicted octanol–water partition coefficient (Wildman–Crippen LogP) is 5.77. The number of benzene rings is 2. The van der Waals surface area contributed by atoms with E-state index in [-0.39, 0.29) is 0 Å².